The van der Waals surface area contributed by atoms with Crippen LogP contribution in [0.3, 0.4) is 0 Å². The number of aromatic nitrogens is 2. The van der Waals surface area contributed by atoms with E-state index in [4.69, 9.17) is 16.8 Å². The van der Waals surface area contributed by atoms with Crippen LogP contribution in [0.5, 0.6) is 5.75 Å². The lowest BCUT2D eigenvalue weighted by Gasteiger charge is -2.03. The molecule has 0 amide bonds. The Morgan fingerprint density at radius 2 is 2.13 bits per heavy atom. The number of rotatable bonds is 4. The fraction of sp³-hybridized carbons (Fsp3) is 0.286. The maximum absolute atomic E-state index is 11.7. The summed E-state index contributed by atoms with van der Waals surface area (Å²) in [4.78, 5) is 7.25. The van der Waals surface area contributed by atoms with E-state index in [1.807, 2.05) is 0 Å². The zero-order chi connectivity index (χ0) is 11.3. The molecule has 1 aromatic heterocycles. The van der Waals surface area contributed by atoms with E-state index < -0.39 is 13.0 Å². The van der Waals surface area contributed by atoms with Crippen molar-refractivity contribution in [1.29, 1.82) is 0 Å². The van der Waals surface area contributed by atoms with Gasteiger partial charge in [0.1, 0.15) is 6.61 Å². The third-order valence-corrected chi connectivity index (χ3v) is 1.52. The first kappa shape index (κ1) is 11.6. The SMILES string of the molecule is O/N=C(\Cl)c1ncc(OCC(F)F)cn1. The molecule has 0 saturated heterocycles. The van der Waals surface area contributed by atoms with Crippen LogP contribution in [-0.4, -0.2) is 33.4 Å². The first-order chi connectivity index (χ1) is 7.13. The van der Waals surface area contributed by atoms with Crippen molar-refractivity contribution in [2.75, 3.05) is 6.61 Å². The van der Waals surface area contributed by atoms with Crippen molar-refractivity contribution in [1.82, 2.24) is 9.97 Å². The number of halogens is 3. The number of hydrogen-bond acceptors (Lipinski definition) is 5. The van der Waals surface area contributed by atoms with E-state index in [2.05, 4.69) is 19.9 Å². The molecule has 82 valence electrons. The minimum absolute atomic E-state index is 0.0245. The highest BCUT2D eigenvalue weighted by atomic mass is 35.5. The molecule has 0 atom stereocenters. The molecule has 5 nitrogen and oxygen atoms in total. The van der Waals surface area contributed by atoms with E-state index in [0.717, 1.165) is 12.4 Å². The van der Waals surface area contributed by atoms with Gasteiger partial charge in [-0.05, 0) is 0 Å². The molecule has 0 spiro atoms. The molecule has 0 unspecified atom stereocenters. The molecule has 1 N–H and O–H groups in total. The predicted molar refractivity (Wildman–Crippen MR) is 47.7 cm³/mol. The molecule has 0 radical (unpaired) electrons. The molecule has 1 rings (SSSR count). The Hall–Kier alpha value is -1.50. The normalized spacial score (nSPS) is 11.9. The molecule has 0 aliphatic heterocycles. The third-order valence-electron chi connectivity index (χ3n) is 1.28. The van der Waals surface area contributed by atoms with Crippen molar-refractivity contribution >= 4 is 16.8 Å². The third kappa shape index (κ3) is 3.62. The zero-order valence-corrected chi connectivity index (χ0v) is 8.03. The fourth-order valence-corrected chi connectivity index (χ4v) is 0.799. The monoisotopic (exact) mass is 237 g/mol. The van der Waals surface area contributed by atoms with Gasteiger partial charge in [0.25, 0.3) is 6.43 Å². The van der Waals surface area contributed by atoms with Crippen LogP contribution in [0.1, 0.15) is 5.82 Å². The highest BCUT2D eigenvalue weighted by Crippen LogP contribution is 2.08. The van der Waals surface area contributed by atoms with Crippen molar-refractivity contribution in [3.8, 4) is 5.75 Å². The highest BCUT2D eigenvalue weighted by molar-refractivity contribution is 6.68. The van der Waals surface area contributed by atoms with Crippen molar-refractivity contribution in [3.63, 3.8) is 0 Å². The van der Waals surface area contributed by atoms with Crippen molar-refractivity contribution < 1.29 is 18.7 Å². The minimum atomic E-state index is -2.56. The summed E-state index contributed by atoms with van der Waals surface area (Å²) < 4.78 is 28.1. The molecular weight excluding hydrogens is 232 g/mol. The topological polar surface area (TPSA) is 67.6 Å². The summed E-state index contributed by atoms with van der Waals surface area (Å²) in [6.07, 6.45) is -0.261. The summed E-state index contributed by atoms with van der Waals surface area (Å²) in [6.45, 7) is -0.732. The second-order valence-electron chi connectivity index (χ2n) is 2.34. The van der Waals surface area contributed by atoms with Crippen LogP contribution in [-0.2, 0) is 0 Å². The lowest BCUT2D eigenvalue weighted by molar-refractivity contribution is 0.0815. The Balaban J connectivity index is 2.64. The van der Waals surface area contributed by atoms with E-state index in [9.17, 15) is 8.78 Å². The summed E-state index contributed by atoms with van der Waals surface area (Å²) in [7, 11) is 0. The molecule has 1 aromatic rings. The highest BCUT2D eigenvalue weighted by Gasteiger charge is 2.06. The van der Waals surface area contributed by atoms with Crippen LogP contribution in [0.15, 0.2) is 17.5 Å². The van der Waals surface area contributed by atoms with Gasteiger partial charge in [-0.1, -0.05) is 16.8 Å². The molecule has 0 fully saturated rings. The molecule has 8 heteroatoms. The minimum Gasteiger partial charge on any atom is -0.484 e. The number of ether oxygens (including phenoxy) is 1. The standard InChI is InChI=1S/C7H6ClF2N3O2/c8-6(13-14)7-11-1-4(2-12-7)15-3-5(9)10/h1-2,5,14H,3H2/b13-6-. The molecule has 0 aromatic carbocycles. The lowest BCUT2D eigenvalue weighted by Crippen LogP contribution is -2.08. The first-order valence-corrected chi connectivity index (χ1v) is 4.12. The van der Waals surface area contributed by atoms with Crippen LogP contribution in [0, 0.1) is 0 Å². The number of hydrogen-bond donors (Lipinski definition) is 1. The Morgan fingerprint density at radius 3 is 2.60 bits per heavy atom. The average Bonchev–Trinajstić information content (AvgIpc) is 2.26. The Labute approximate surface area is 88.4 Å². The molecule has 0 saturated carbocycles. The van der Waals surface area contributed by atoms with Gasteiger partial charge in [0.15, 0.2) is 11.6 Å². The quantitative estimate of drug-likeness (QED) is 0.489. The second kappa shape index (κ2) is 5.40. The summed E-state index contributed by atoms with van der Waals surface area (Å²) in [5, 5.41) is 10.6. The van der Waals surface area contributed by atoms with Crippen LogP contribution in [0.25, 0.3) is 0 Å². The van der Waals surface area contributed by atoms with Gasteiger partial charge in [-0.25, -0.2) is 18.7 Å². The summed E-state index contributed by atoms with van der Waals surface area (Å²) >= 11 is 5.38. The molecule has 1 heterocycles. The molecule has 0 bridgehead atoms. The number of oxime groups is 1. The van der Waals surface area contributed by atoms with E-state index in [-0.39, 0.29) is 16.7 Å². The second-order valence-corrected chi connectivity index (χ2v) is 2.69. The zero-order valence-electron chi connectivity index (χ0n) is 7.27. The van der Waals surface area contributed by atoms with Gasteiger partial charge in [0, 0.05) is 0 Å². The smallest absolute Gasteiger partial charge is 0.272 e. The molecular formula is C7H6ClF2N3O2. The van der Waals surface area contributed by atoms with Crippen LogP contribution in [0.4, 0.5) is 8.78 Å². The van der Waals surface area contributed by atoms with Gasteiger partial charge in [-0.15, -0.1) is 0 Å². The Bertz CT molecular complexity index is 345. The van der Waals surface area contributed by atoms with E-state index >= 15 is 0 Å². The van der Waals surface area contributed by atoms with Gasteiger partial charge in [0.2, 0.25) is 5.17 Å². The summed E-state index contributed by atoms with van der Waals surface area (Å²) in [6, 6.07) is 0. The molecule has 15 heavy (non-hydrogen) atoms. The van der Waals surface area contributed by atoms with Gasteiger partial charge in [-0.2, -0.15) is 0 Å². The van der Waals surface area contributed by atoms with Crippen molar-refractivity contribution in [3.05, 3.63) is 18.2 Å². The number of nitrogens with zero attached hydrogens (tertiary/aromatic N) is 3. The van der Waals surface area contributed by atoms with Crippen LogP contribution < -0.4 is 4.74 Å². The molecule has 0 aliphatic rings. The maximum Gasteiger partial charge on any atom is 0.272 e. The van der Waals surface area contributed by atoms with E-state index in [1.165, 1.54) is 0 Å². The maximum atomic E-state index is 11.7. The van der Waals surface area contributed by atoms with E-state index in [1.54, 1.807) is 0 Å². The van der Waals surface area contributed by atoms with Crippen molar-refractivity contribution in [2.24, 2.45) is 5.16 Å². The van der Waals surface area contributed by atoms with E-state index in [0.29, 0.717) is 0 Å². The predicted octanol–water partition coefficient (Wildman–Crippen LogP) is 1.50. The van der Waals surface area contributed by atoms with Gasteiger partial charge >= 0.3 is 0 Å². The summed E-state index contributed by atoms with van der Waals surface area (Å²) in [5.41, 5.74) is 0. The van der Waals surface area contributed by atoms with Crippen LogP contribution in [0.2, 0.25) is 0 Å². The van der Waals surface area contributed by atoms with Gasteiger partial charge < -0.3 is 9.94 Å². The fourth-order valence-electron chi connectivity index (χ4n) is 0.701. The Kier molecular flexibility index (Phi) is 4.17. The Morgan fingerprint density at radius 1 is 1.53 bits per heavy atom. The van der Waals surface area contributed by atoms with Crippen LogP contribution >= 0.6 is 11.6 Å². The van der Waals surface area contributed by atoms with Gasteiger partial charge in [0.05, 0.1) is 12.4 Å². The van der Waals surface area contributed by atoms with Crippen molar-refractivity contribution in [2.45, 2.75) is 6.43 Å². The summed E-state index contributed by atoms with van der Waals surface area (Å²) in [5.74, 6) is 0.0602. The average molecular weight is 238 g/mol. The van der Waals surface area contributed by atoms with Gasteiger partial charge in [-0.3, -0.25) is 0 Å². The lowest BCUT2D eigenvalue weighted by atomic mass is 10.5. The molecule has 0 aliphatic carbocycles. The number of alkyl halides is 2. The largest absolute Gasteiger partial charge is 0.484 e. The first-order valence-electron chi connectivity index (χ1n) is 3.74.